The first-order valence-electron chi connectivity index (χ1n) is 12.3. The Labute approximate surface area is 208 Å². The van der Waals surface area contributed by atoms with Crippen LogP contribution in [-0.4, -0.2) is 63.3 Å². The van der Waals surface area contributed by atoms with Crippen LogP contribution in [0.25, 0.3) is 11.2 Å². The first-order chi connectivity index (χ1) is 17.2. The van der Waals surface area contributed by atoms with Gasteiger partial charge in [-0.2, -0.15) is 0 Å². The minimum Gasteiger partial charge on any atom is -0.382 e. The molecule has 2 aromatic heterocycles. The summed E-state index contributed by atoms with van der Waals surface area (Å²) >= 11 is 0. The third kappa shape index (κ3) is 3.60. The molecule has 3 fully saturated rings. The molecule has 1 aromatic carbocycles. The molecular formula is C25H31FN8O2. The number of ether oxygens (including phenoxy) is 1. The van der Waals surface area contributed by atoms with Crippen molar-refractivity contribution in [3.8, 4) is 0 Å². The Morgan fingerprint density at radius 3 is 2.86 bits per heavy atom. The summed E-state index contributed by atoms with van der Waals surface area (Å²) in [7, 11) is 1.74. The van der Waals surface area contributed by atoms with Crippen LogP contribution >= 0.6 is 0 Å². The standard InChI is InChI=1S/C25H31FN8O2/c1-14-16(10-34-13-31-20-21(27)29-12-30-22(20)34)18(4-3-17(14)26)33-6-5-25(28,11-33)23(35)32-19-9-24(19)7-15(8-24)36-2/h3-4,12-13,15,19H,5-11,28H2,1-2H3,(H,32,35)(H2,27,29,30)/t15?,19?,24?,25-/m1/s1. The molecule has 2 atom stereocenters. The summed E-state index contributed by atoms with van der Waals surface area (Å²) in [6.45, 7) is 3.06. The van der Waals surface area contributed by atoms with Crippen LogP contribution in [0.2, 0.25) is 0 Å². The zero-order valence-electron chi connectivity index (χ0n) is 20.5. The van der Waals surface area contributed by atoms with Crippen LogP contribution in [-0.2, 0) is 16.1 Å². The number of nitrogens with one attached hydrogen (secondary N) is 1. The number of methoxy groups -OCH3 is 1. The summed E-state index contributed by atoms with van der Waals surface area (Å²) in [5.74, 6) is -0.108. The molecule has 0 radical (unpaired) electrons. The van der Waals surface area contributed by atoms with Crippen LogP contribution in [0.4, 0.5) is 15.9 Å². The molecule has 11 heteroatoms. The van der Waals surface area contributed by atoms with Gasteiger partial charge in [0.25, 0.3) is 0 Å². The highest BCUT2D eigenvalue weighted by molar-refractivity contribution is 5.88. The quantitative estimate of drug-likeness (QED) is 0.469. The molecule has 36 heavy (non-hydrogen) atoms. The highest BCUT2D eigenvalue weighted by Gasteiger charge is 2.63. The van der Waals surface area contributed by atoms with Gasteiger partial charge >= 0.3 is 0 Å². The van der Waals surface area contributed by atoms with Crippen molar-refractivity contribution >= 4 is 28.6 Å². The van der Waals surface area contributed by atoms with E-state index in [1.165, 1.54) is 12.4 Å². The van der Waals surface area contributed by atoms with Crippen molar-refractivity contribution in [3.63, 3.8) is 0 Å². The van der Waals surface area contributed by atoms with E-state index in [2.05, 4.69) is 25.2 Å². The minimum atomic E-state index is -1.00. The highest BCUT2D eigenvalue weighted by Crippen LogP contribution is 2.61. The van der Waals surface area contributed by atoms with E-state index >= 15 is 0 Å². The zero-order valence-corrected chi connectivity index (χ0v) is 20.5. The lowest BCUT2D eigenvalue weighted by atomic mass is 9.78. The largest absolute Gasteiger partial charge is 0.382 e. The van der Waals surface area contributed by atoms with Gasteiger partial charge in [-0.05, 0) is 55.7 Å². The number of hydrogen-bond acceptors (Lipinski definition) is 8. The lowest BCUT2D eigenvalue weighted by molar-refractivity contribution is -0.126. The summed E-state index contributed by atoms with van der Waals surface area (Å²) in [6.07, 6.45) is 6.83. The molecule has 1 spiro atoms. The number of rotatable bonds is 6. The number of amides is 1. The van der Waals surface area contributed by atoms with Gasteiger partial charge in [0, 0.05) is 37.5 Å². The van der Waals surface area contributed by atoms with Crippen LogP contribution in [0, 0.1) is 18.2 Å². The number of benzene rings is 1. The van der Waals surface area contributed by atoms with Crippen LogP contribution < -0.4 is 21.7 Å². The Kier molecular flexibility index (Phi) is 5.20. The fourth-order valence-electron chi connectivity index (χ4n) is 5.94. The second-order valence-electron chi connectivity index (χ2n) is 10.7. The molecule has 3 aliphatic rings. The van der Waals surface area contributed by atoms with Crippen molar-refractivity contribution < 1.29 is 13.9 Å². The topological polar surface area (TPSA) is 137 Å². The van der Waals surface area contributed by atoms with E-state index in [-0.39, 0.29) is 23.2 Å². The fourth-order valence-corrected chi connectivity index (χ4v) is 5.94. The van der Waals surface area contributed by atoms with E-state index in [1.54, 1.807) is 26.4 Å². The van der Waals surface area contributed by atoms with Crippen LogP contribution in [0.15, 0.2) is 24.8 Å². The average Bonchev–Trinajstić information content (AvgIpc) is 3.16. The molecule has 6 rings (SSSR count). The van der Waals surface area contributed by atoms with E-state index in [0.29, 0.717) is 54.7 Å². The Balaban J connectivity index is 1.21. The monoisotopic (exact) mass is 494 g/mol. The van der Waals surface area contributed by atoms with Crippen LogP contribution in [0.3, 0.4) is 0 Å². The van der Waals surface area contributed by atoms with E-state index in [1.807, 2.05) is 4.57 Å². The van der Waals surface area contributed by atoms with Gasteiger partial charge in [0.05, 0.1) is 19.0 Å². The van der Waals surface area contributed by atoms with Crippen molar-refractivity contribution in [3.05, 3.63) is 41.7 Å². The number of imidazole rings is 1. The number of carbonyl (C=O) groups excluding carboxylic acids is 1. The van der Waals surface area contributed by atoms with Gasteiger partial charge in [-0.3, -0.25) is 4.79 Å². The number of carbonyl (C=O) groups is 1. The molecule has 1 unspecified atom stereocenters. The van der Waals surface area contributed by atoms with Gasteiger partial charge in [-0.25, -0.2) is 19.3 Å². The van der Waals surface area contributed by atoms with Gasteiger partial charge in [-0.1, -0.05) is 0 Å². The minimum absolute atomic E-state index is 0.110. The van der Waals surface area contributed by atoms with Crippen molar-refractivity contribution in [1.82, 2.24) is 24.8 Å². The van der Waals surface area contributed by atoms with Crippen LogP contribution in [0.1, 0.15) is 36.8 Å². The van der Waals surface area contributed by atoms with Crippen molar-refractivity contribution in [2.75, 3.05) is 30.8 Å². The smallest absolute Gasteiger partial charge is 0.242 e. The number of nitrogens with zero attached hydrogens (tertiary/aromatic N) is 5. The van der Waals surface area contributed by atoms with Crippen molar-refractivity contribution in [2.24, 2.45) is 11.1 Å². The highest BCUT2D eigenvalue weighted by atomic mass is 19.1. The van der Waals surface area contributed by atoms with Crippen molar-refractivity contribution in [2.45, 2.75) is 56.8 Å². The van der Waals surface area contributed by atoms with Gasteiger partial charge in [0.2, 0.25) is 5.91 Å². The molecule has 190 valence electrons. The van der Waals surface area contributed by atoms with Crippen LogP contribution in [0.5, 0.6) is 0 Å². The SMILES string of the molecule is COC1CC2(C1)CC2NC(=O)[C@@]1(N)CCN(c2ccc(F)c(C)c2Cn2cnc3c(N)ncnc32)C1. The van der Waals surface area contributed by atoms with Gasteiger partial charge in [0.15, 0.2) is 11.5 Å². The molecule has 10 nitrogen and oxygen atoms in total. The first kappa shape index (κ1) is 23.1. The molecule has 1 saturated heterocycles. The number of nitrogen functional groups attached to an aromatic ring is 1. The Morgan fingerprint density at radius 2 is 2.08 bits per heavy atom. The fraction of sp³-hybridized carbons (Fsp3) is 0.520. The molecule has 2 saturated carbocycles. The number of anilines is 2. The molecular weight excluding hydrogens is 463 g/mol. The molecule has 3 aromatic rings. The zero-order chi connectivity index (χ0) is 25.2. The molecule has 0 bridgehead atoms. The Bertz CT molecular complexity index is 1350. The average molecular weight is 495 g/mol. The maximum Gasteiger partial charge on any atom is 0.242 e. The number of hydrogen-bond donors (Lipinski definition) is 3. The second kappa shape index (κ2) is 8.10. The molecule has 3 heterocycles. The van der Waals surface area contributed by atoms with Gasteiger partial charge < -0.3 is 31.0 Å². The molecule has 2 aliphatic carbocycles. The summed E-state index contributed by atoms with van der Waals surface area (Å²) in [5, 5.41) is 3.20. The Hall–Kier alpha value is -3.31. The number of fused-ring (bicyclic) bond motifs is 1. The van der Waals surface area contributed by atoms with Crippen molar-refractivity contribution in [1.29, 1.82) is 0 Å². The predicted molar refractivity (Wildman–Crippen MR) is 133 cm³/mol. The third-order valence-corrected chi connectivity index (χ3v) is 8.46. The maximum atomic E-state index is 14.7. The molecule has 5 N–H and O–H groups in total. The summed E-state index contributed by atoms with van der Waals surface area (Å²) in [5.41, 5.74) is 15.0. The first-order valence-corrected chi connectivity index (χ1v) is 12.3. The van der Waals surface area contributed by atoms with E-state index in [4.69, 9.17) is 16.2 Å². The predicted octanol–water partition coefficient (Wildman–Crippen LogP) is 1.50. The molecule has 1 aliphatic heterocycles. The summed E-state index contributed by atoms with van der Waals surface area (Å²) in [4.78, 5) is 27.9. The molecule has 1 amide bonds. The third-order valence-electron chi connectivity index (χ3n) is 8.46. The Morgan fingerprint density at radius 1 is 1.28 bits per heavy atom. The lowest BCUT2D eigenvalue weighted by Crippen LogP contribution is -2.57. The van der Waals surface area contributed by atoms with E-state index < -0.39 is 5.54 Å². The summed E-state index contributed by atoms with van der Waals surface area (Å²) < 4.78 is 21.9. The lowest BCUT2D eigenvalue weighted by Gasteiger charge is -2.36. The number of halogens is 1. The van der Waals surface area contributed by atoms with E-state index in [9.17, 15) is 9.18 Å². The normalized spacial score (nSPS) is 29.1. The van der Waals surface area contributed by atoms with Gasteiger partial charge in [0.1, 0.15) is 23.2 Å². The van der Waals surface area contributed by atoms with E-state index in [0.717, 1.165) is 30.5 Å². The number of aromatic nitrogens is 4. The van der Waals surface area contributed by atoms with Gasteiger partial charge in [-0.15, -0.1) is 0 Å². The maximum absolute atomic E-state index is 14.7. The number of nitrogens with two attached hydrogens (primary N) is 2. The second-order valence-corrected chi connectivity index (χ2v) is 10.7. The summed E-state index contributed by atoms with van der Waals surface area (Å²) in [6, 6.07) is 3.41.